The van der Waals surface area contributed by atoms with Gasteiger partial charge >= 0.3 is 0 Å². The van der Waals surface area contributed by atoms with Gasteiger partial charge in [0.05, 0.1) is 19.1 Å². The van der Waals surface area contributed by atoms with Crippen LogP contribution in [-0.2, 0) is 10.2 Å². The molecule has 0 bridgehead atoms. The number of rotatable bonds is 7. The molecule has 2 aliphatic rings. The number of amides is 1. The highest BCUT2D eigenvalue weighted by Crippen LogP contribution is 2.36. The van der Waals surface area contributed by atoms with E-state index in [9.17, 15) is 4.79 Å². The van der Waals surface area contributed by atoms with Crippen LogP contribution in [0.5, 0.6) is 11.5 Å². The molecule has 1 aliphatic heterocycles. The van der Waals surface area contributed by atoms with Crippen LogP contribution >= 0.6 is 0 Å². The van der Waals surface area contributed by atoms with Crippen LogP contribution < -0.4 is 20.1 Å². The first-order chi connectivity index (χ1) is 15.8. The maximum atomic E-state index is 12.6. The average molecular weight is 451 g/mol. The Labute approximate surface area is 198 Å². The zero-order chi connectivity index (χ0) is 23.4. The third kappa shape index (κ3) is 5.82. The second-order valence-electron chi connectivity index (χ2n) is 10.5. The number of nitrogens with one attached hydrogen (secondary N) is 2. The highest BCUT2D eigenvalue weighted by atomic mass is 16.5. The van der Waals surface area contributed by atoms with Gasteiger partial charge in [-0.3, -0.25) is 4.79 Å². The molecule has 5 nitrogen and oxygen atoms in total. The predicted octanol–water partition coefficient (Wildman–Crippen LogP) is 5.65. The van der Waals surface area contributed by atoms with E-state index in [1.807, 2.05) is 6.07 Å². The Hall–Kier alpha value is -2.69. The van der Waals surface area contributed by atoms with Gasteiger partial charge in [0.15, 0.2) is 11.5 Å². The number of piperidine rings is 1. The molecule has 1 saturated carbocycles. The van der Waals surface area contributed by atoms with E-state index in [-0.39, 0.29) is 29.3 Å². The van der Waals surface area contributed by atoms with Gasteiger partial charge in [-0.1, -0.05) is 39.0 Å². The van der Waals surface area contributed by atoms with Gasteiger partial charge in [-0.05, 0) is 72.9 Å². The molecule has 2 fully saturated rings. The van der Waals surface area contributed by atoms with Crippen LogP contribution in [0.1, 0.15) is 69.9 Å². The van der Waals surface area contributed by atoms with Gasteiger partial charge in [0.2, 0.25) is 5.91 Å². The van der Waals surface area contributed by atoms with Crippen LogP contribution in [0.4, 0.5) is 5.69 Å². The number of carbonyl (C=O) groups excluding carboxylic acids is 1. The molecule has 33 heavy (non-hydrogen) atoms. The lowest BCUT2D eigenvalue weighted by molar-refractivity contribution is -0.126. The van der Waals surface area contributed by atoms with Crippen molar-refractivity contribution in [3.05, 3.63) is 53.6 Å². The average Bonchev–Trinajstić information content (AvgIpc) is 3.31. The standard InChI is InChI=1S/C28H38N2O3/c1-28(2,3)22-10-12-23(13-11-22)29-18-21-15-20(17-30-27(21)31)19-9-14-25(32-4)26(16-19)33-24-7-5-6-8-24/h9-14,16,20-21,24,29H,5-8,15,17-18H2,1-4H3,(H,30,31)/t20-,21+/m1/s1. The molecular weight excluding hydrogens is 412 g/mol. The van der Waals surface area contributed by atoms with Crippen molar-refractivity contribution in [1.82, 2.24) is 5.32 Å². The summed E-state index contributed by atoms with van der Waals surface area (Å²) in [7, 11) is 1.69. The van der Waals surface area contributed by atoms with Crippen LogP contribution in [-0.4, -0.2) is 32.2 Å². The molecule has 2 atom stereocenters. The van der Waals surface area contributed by atoms with Crippen molar-refractivity contribution in [2.24, 2.45) is 5.92 Å². The second kappa shape index (κ2) is 10.1. The topological polar surface area (TPSA) is 59.6 Å². The number of ether oxygens (including phenoxy) is 2. The SMILES string of the molecule is COc1ccc([C@H]2CNC(=O)[C@H](CNc3ccc(C(C)(C)C)cc3)C2)cc1OC1CCCC1. The summed E-state index contributed by atoms with van der Waals surface area (Å²) in [5.74, 6) is 1.91. The first-order valence-corrected chi connectivity index (χ1v) is 12.3. The number of methoxy groups -OCH3 is 1. The van der Waals surface area contributed by atoms with Crippen molar-refractivity contribution in [2.45, 2.75) is 70.3 Å². The molecule has 0 radical (unpaired) electrons. The largest absolute Gasteiger partial charge is 0.493 e. The molecule has 0 spiro atoms. The molecule has 1 saturated heterocycles. The smallest absolute Gasteiger partial charge is 0.224 e. The van der Waals surface area contributed by atoms with Crippen molar-refractivity contribution < 1.29 is 14.3 Å². The molecule has 0 aromatic heterocycles. The van der Waals surface area contributed by atoms with Gasteiger partial charge in [0, 0.05) is 24.7 Å². The second-order valence-corrected chi connectivity index (χ2v) is 10.5. The molecule has 4 rings (SSSR count). The molecule has 178 valence electrons. The summed E-state index contributed by atoms with van der Waals surface area (Å²) in [4.78, 5) is 12.6. The molecule has 5 heteroatoms. The van der Waals surface area contributed by atoms with E-state index in [4.69, 9.17) is 9.47 Å². The summed E-state index contributed by atoms with van der Waals surface area (Å²) in [6.07, 6.45) is 5.77. The summed E-state index contributed by atoms with van der Waals surface area (Å²) >= 11 is 0. The Bertz CT molecular complexity index is 943. The third-order valence-corrected chi connectivity index (χ3v) is 7.02. The van der Waals surface area contributed by atoms with E-state index in [0.29, 0.717) is 13.1 Å². The van der Waals surface area contributed by atoms with Gasteiger partial charge < -0.3 is 20.1 Å². The van der Waals surface area contributed by atoms with Crippen molar-refractivity contribution >= 4 is 11.6 Å². The molecule has 2 N–H and O–H groups in total. The number of hydrogen-bond donors (Lipinski definition) is 2. The van der Waals surface area contributed by atoms with Gasteiger partial charge in [-0.25, -0.2) is 0 Å². The van der Waals surface area contributed by atoms with Crippen LogP contribution in [0, 0.1) is 5.92 Å². The maximum absolute atomic E-state index is 12.6. The van der Waals surface area contributed by atoms with E-state index in [1.165, 1.54) is 24.0 Å². The van der Waals surface area contributed by atoms with E-state index in [1.54, 1.807) is 7.11 Å². The Balaban J connectivity index is 1.41. The molecule has 2 aromatic carbocycles. The van der Waals surface area contributed by atoms with E-state index in [0.717, 1.165) is 36.4 Å². The Kier molecular flexibility index (Phi) is 7.16. The van der Waals surface area contributed by atoms with Crippen molar-refractivity contribution in [3.8, 4) is 11.5 Å². The van der Waals surface area contributed by atoms with Crippen molar-refractivity contribution in [3.63, 3.8) is 0 Å². The van der Waals surface area contributed by atoms with E-state index >= 15 is 0 Å². The third-order valence-electron chi connectivity index (χ3n) is 7.02. The fourth-order valence-corrected chi connectivity index (χ4v) is 4.89. The Morgan fingerprint density at radius 2 is 1.76 bits per heavy atom. The Morgan fingerprint density at radius 1 is 1.03 bits per heavy atom. The molecule has 2 aromatic rings. The minimum Gasteiger partial charge on any atom is -0.493 e. The summed E-state index contributed by atoms with van der Waals surface area (Å²) in [5, 5.41) is 6.58. The van der Waals surface area contributed by atoms with Crippen LogP contribution in [0.25, 0.3) is 0 Å². The highest BCUT2D eigenvalue weighted by molar-refractivity contribution is 5.80. The zero-order valence-corrected chi connectivity index (χ0v) is 20.4. The van der Waals surface area contributed by atoms with Gasteiger partial charge in [0.1, 0.15) is 0 Å². The summed E-state index contributed by atoms with van der Waals surface area (Å²) in [5.41, 5.74) is 3.69. The van der Waals surface area contributed by atoms with E-state index < -0.39 is 0 Å². The van der Waals surface area contributed by atoms with Crippen molar-refractivity contribution in [1.29, 1.82) is 0 Å². The predicted molar refractivity (Wildman–Crippen MR) is 133 cm³/mol. The van der Waals surface area contributed by atoms with E-state index in [2.05, 4.69) is 67.8 Å². The summed E-state index contributed by atoms with van der Waals surface area (Å²) in [6, 6.07) is 14.8. The summed E-state index contributed by atoms with van der Waals surface area (Å²) in [6.45, 7) is 7.92. The number of hydrogen-bond acceptors (Lipinski definition) is 4. The molecule has 0 unspecified atom stereocenters. The molecule has 1 aliphatic carbocycles. The first-order valence-electron chi connectivity index (χ1n) is 12.3. The molecular formula is C28H38N2O3. The number of anilines is 1. The minimum absolute atomic E-state index is 0.0765. The molecule has 1 heterocycles. The number of carbonyl (C=O) groups is 1. The van der Waals surface area contributed by atoms with Crippen LogP contribution in [0.15, 0.2) is 42.5 Å². The fourth-order valence-electron chi connectivity index (χ4n) is 4.89. The van der Waals surface area contributed by atoms with Gasteiger partial charge in [-0.15, -0.1) is 0 Å². The lowest BCUT2D eigenvalue weighted by Crippen LogP contribution is -2.43. The van der Waals surface area contributed by atoms with Gasteiger partial charge in [-0.2, -0.15) is 0 Å². The lowest BCUT2D eigenvalue weighted by atomic mass is 9.84. The van der Waals surface area contributed by atoms with Gasteiger partial charge in [0.25, 0.3) is 0 Å². The minimum atomic E-state index is -0.0765. The monoisotopic (exact) mass is 450 g/mol. The Morgan fingerprint density at radius 3 is 2.42 bits per heavy atom. The van der Waals surface area contributed by atoms with Crippen LogP contribution in [0.2, 0.25) is 0 Å². The summed E-state index contributed by atoms with van der Waals surface area (Å²) < 4.78 is 11.8. The van der Waals surface area contributed by atoms with Crippen molar-refractivity contribution in [2.75, 3.05) is 25.5 Å². The zero-order valence-electron chi connectivity index (χ0n) is 20.4. The fraction of sp³-hybridized carbons (Fsp3) is 0.536. The highest BCUT2D eigenvalue weighted by Gasteiger charge is 2.30. The quantitative estimate of drug-likeness (QED) is 0.573. The normalized spacial score (nSPS) is 21.5. The molecule has 1 amide bonds. The first kappa shape index (κ1) is 23.5. The lowest BCUT2D eigenvalue weighted by Gasteiger charge is -2.30. The van der Waals surface area contributed by atoms with Crippen LogP contribution in [0.3, 0.4) is 0 Å². The maximum Gasteiger partial charge on any atom is 0.224 e. The number of benzene rings is 2.